The SMILES string of the molecule is CC(C)CN1C(=O)COCC1C(O)c1ccc(NC(=O)c2ccc(F)cc2)cc1. The molecule has 1 saturated heterocycles. The highest BCUT2D eigenvalue weighted by Crippen LogP contribution is 2.26. The second-order valence-corrected chi connectivity index (χ2v) is 7.55. The first-order chi connectivity index (χ1) is 13.8. The van der Waals surface area contributed by atoms with Crippen LogP contribution >= 0.6 is 0 Å². The van der Waals surface area contributed by atoms with Crippen LogP contribution in [0.1, 0.15) is 35.9 Å². The first-order valence-corrected chi connectivity index (χ1v) is 9.57. The van der Waals surface area contributed by atoms with Crippen molar-refractivity contribution in [3.05, 3.63) is 65.5 Å². The number of hydrogen-bond acceptors (Lipinski definition) is 4. The van der Waals surface area contributed by atoms with Gasteiger partial charge in [-0.05, 0) is 47.9 Å². The van der Waals surface area contributed by atoms with Crippen LogP contribution in [0.2, 0.25) is 0 Å². The average Bonchev–Trinajstić information content (AvgIpc) is 2.70. The molecular formula is C22H25FN2O4. The van der Waals surface area contributed by atoms with Crippen LogP contribution in [0, 0.1) is 11.7 Å². The van der Waals surface area contributed by atoms with Crippen molar-refractivity contribution >= 4 is 17.5 Å². The molecule has 0 radical (unpaired) electrons. The van der Waals surface area contributed by atoms with Crippen molar-refractivity contribution in [3.63, 3.8) is 0 Å². The molecule has 6 nitrogen and oxygen atoms in total. The van der Waals surface area contributed by atoms with Gasteiger partial charge in [0.05, 0.1) is 12.6 Å². The first kappa shape index (κ1) is 21.0. The predicted octanol–water partition coefficient (Wildman–Crippen LogP) is 2.99. The van der Waals surface area contributed by atoms with E-state index in [0.717, 1.165) is 0 Å². The van der Waals surface area contributed by atoms with Crippen LogP contribution in [0.5, 0.6) is 0 Å². The number of aliphatic hydroxyl groups is 1. The number of rotatable bonds is 6. The number of morpholine rings is 1. The van der Waals surface area contributed by atoms with Gasteiger partial charge in [0.1, 0.15) is 18.5 Å². The van der Waals surface area contributed by atoms with E-state index in [-0.39, 0.29) is 30.9 Å². The number of benzene rings is 2. The summed E-state index contributed by atoms with van der Waals surface area (Å²) in [6, 6.07) is 11.6. The maximum absolute atomic E-state index is 13.0. The van der Waals surface area contributed by atoms with Crippen LogP contribution < -0.4 is 5.32 Å². The molecule has 1 heterocycles. The minimum atomic E-state index is -0.903. The van der Waals surface area contributed by atoms with E-state index < -0.39 is 18.0 Å². The smallest absolute Gasteiger partial charge is 0.255 e. The van der Waals surface area contributed by atoms with Crippen LogP contribution in [-0.2, 0) is 9.53 Å². The summed E-state index contributed by atoms with van der Waals surface area (Å²) in [6.45, 7) is 4.89. The van der Waals surface area contributed by atoms with Gasteiger partial charge in [0.2, 0.25) is 5.91 Å². The molecule has 3 rings (SSSR count). The van der Waals surface area contributed by atoms with Gasteiger partial charge < -0.3 is 20.1 Å². The van der Waals surface area contributed by atoms with Crippen molar-refractivity contribution in [2.24, 2.45) is 5.92 Å². The molecule has 7 heteroatoms. The molecule has 0 aliphatic carbocycles. The van der Waals surface area contributed by atoms with E-state index in [1.165, 1.54) is 24.3 Å². The number of aliphatic hydroxyl groups excluding tert-OH is 1. The molecule has 154 valence electrons. The Kier molecular flexibility index (Phi) is 6.61. The predicted molar refractivity (Wildman–Crippen MR) is 107 cm³/mol. The lowest BCUT2D eigenvalue weighted by Gasteiger charge is -2.39. The number of anilines is 1. The van der Waals surface area contributed by atoms with E-state index in [1.807, 2.05) is 13.8 Å². The quantitative estimate of drug-likeness (QED) is 0.781. The van der Waals surface area contributed by atoms with Crippen molar-refractivity contribution in [2.75, 3.05) is 25.1 Å². The molecular weight excluding hydrogens is 375 g/mol. The summed E-state index contributed by atoms with van der Waals surface area (Å²) in [5.41, 5.74) is 1.52. The van der Waals surface area contributed by atoms with Gasteiger partial charge in [-0.3, -0.25) is 9.59 Å². The van der Waals surface area contributed by atoms with Gasteiger partial charge in [0.25, 0.3) is 5.91 Å². The third-order valence-electron chi connectivity index (χ3n) is 4.78. The van der Waals surface area contributed by atoms with Crippen molar-refractivity contribution in [3.8, 4) is 0 Å². The number of ether oxygens (including phenoxy) is 1. The fourth-order valence-corrected chi connectivity index (χ4v) is 3.31. The Hall–Kier alpha value is -2.77. The van der Waals surface area contributed by atoms with E-state index in [1.54, 1.807) is 29.2 Å². The summed E-state index contributed by atoms with van der Waals surface area (Å²) in [5, 5.41) is 13.6. The fraction of sp³-hybridized carbons (Fsp3) is 0.364. The van der Waals surface area contributed by atoms with E-state index in [0.29, 0.717) is 23.4 Å². The normalized spacial score (nSPS) is 18.0. The average molecular weight is 400 g/mol. The van der Waals surface area contributed by atoms with E-state index in [9.17, 15) is 19.1 Å². The van der Waals surface area contributed by atoms with Gasteiger partial charge in [0.15, 0.2) is 0 Å². The molecule has 2 atom stereocenters. The third kappa shape index (κ3) is 5.19. The number of hydrogen-bond donors (Lipinski definition) is 2. The maximum atomic E-state index is 13.0. The number of halogens is 1. The zero-order chi connectivity index (χ0) is 21.0. The molecule has 1 fully saturated rings. The number of amides is 2. The topological polar surface area (TPSA) is 78.9 Å². The van der Waals surface area contributed by atoms with Crippen molar-refractivity contribution < 1.29 is 23.8 Å². The van der Waals surface area contributed by atoms with E-state index in [4.69, 9.17) is 4.74 Å². The van der Waals surface area contributed by atoms with E-state index >= 15 is 0 Å². The molecule has 0 bridgehead atoms. The zero-order valence-electron chi connectivity index (χ0n) is 16.5. The molecule has 1 aliphatic heterocycles. The standard InChI is InChI=1S/C22H25FN2O4/c1-14(2)11-25-19(12-29-13-20(25)26)21(27)15-5-9-18(10-6-15)24-22(28)16-3-7-17(23)8-4-16/h3-10,14,19,21,27H,11-13H2,1-2H3,(H,24,28). The molecule has 2 aromatic carbocycles. The summed E-state index contributed by atoms with van der Waals surface area (Å²) >= 11 is 0. The van der Waals surface area contributed by atoms with Gasteiger partial charge in [-0.1, -0.05) is 26.0 Å². The minimum absolute atomic E-state index is 0.0320. The van der Waals surface area contributed by atoms with Gasteiger partial charge in [-0.2, -0.15) is 0 Å². The van der Waals surface area contributed by atoms with Gasteiger partial charge in [0, 0.05) is 17.8 Å². The number of nitrogens with zero attached hydrogens (tertiary/aromatic N) is 1. The van der Waals surface area contributed by atoms with Crippen LogP contribution in [0.25, 0.3) is 0 Å². The van der Waals surface area contributed by atoms with Crippen LogP contribution in [0.15, 0.2) is 48.5 Å². The second kappa shape index (κ2) is 9.15. The van der Waals surface area contributed by atoms with Gasteiger partial charge >= 0.3 is 0 Å². The lowest BCUT2D eigenvalue weighted by atomic mass is 9.99. The second-order valence-electron chi connectivity index (χ2n) is 7.55. The van der Waals surface area contributed by atoms with Gasteiger partial charge in [-0.25, -0.2) is 4.39 Å². The minimum Gasteiger partial charge on any atom is -0.386 e. The molecule has 0 spiro atoms. The molecule has 0 saturated carbocycles. The fourth-order valence-electron chi connectivity index (χ4n) is 3.31. The lowest BCUT2D eigenvalue weighted by molar-refractivity contribution is -0.155. The Balaban J connectivity index is 1.69. The Morgan fingerprint density at radius 3 is 2.48 bits per heavy atom. The molecule has 2 aromatic rings. The molecule has 1 aliphatic rings. The van der Waals surface area contributed by atoms with Crippen LogP contribution in [-0.4, -0.2) is 47.6 Å². The highest BCUT2D eigenvalue weighted by Gasteiger charge is 2.34. The summed E-state index contributed by atoms with van der Waals surface area (Å²) in [6.07, 6.45) is -0.903. The third-order valence-corrected chi connectivity index (χ3v) is 4.78. The van der Waals surface area contributed by atoms with Gasteiger partial charge in [-0.15, -0.1) is 0 Å². The molecule has 2 unspecified atom stereocenters. The molecule has 2 amide bonds. The maximum Gasteiger partial charge on any atom is 0.255 e. The summed E-state index contributed by atoms with van der Waals surface area (Å²) in [4.78, 5) is 26.1. The Morgan fingerprint density at radius 2 is 1.86 bits per heavy atom. The van der Waals surface area contributed by atoms with Crippen molar-refractivity contribution in [1.29, 1.82) is 0 Å². The summed E-state index contributed by atoms with van der Waals surface area (Å²) in [7, 11) is 0. The van der Waals surface area contributed by atoms with Crippen LogP contribution in [0.3, 0.4) is 0 Å². The largest absolute Gasteiger partial charge is 0.386 e. The monoisotopic (exact) mass is 400 g/mol. The van der Waals surface area contributed by atoms with Crippen molar-refractivity contribution in [1.82, 2.24) is 4.90 Å². The molecule has 29 heavy (non-hydrogen) atoms. The molecule has 2 N–H and O–H groups in total. The highest BCUT2D eigenvalue weighted by molar-refractivity contribution is 6.04. The number of nitrogens with one attached hydrogen (secondary N) is 1. The highest BCUT2D eigenvalue weighted by atomic mass is 19.1. The lowest BCUT2D eigenvalue weighted by Crippen LogP contribution is -2.53. The Morgan fingerprint density at radius 1 is 1.21 bits per heavy atom. The number of carbonyl (C=O) groups excluding carboxylic acids is 2. The Labute approximate surface area is 169 Å². The first-order valence-electron chi connectivity index (χ1n) is 9.57. The summed E-state index contributed by atoms with van der Waals surface area (Å²) in [5.74, 6) is -0.614. The van der Waals surface area contributed by atoms with Crippen LogP contribution in [0.4, 0.5) is 10.1 Å². The van der Waals surface area contributed by atoms with Crippen molar-refractivity contribution in [2.45, 2.75) is 26.0 Å². The molecule has 0 aromatic heterocycles. The Bertz CT molecular complexity index is 852. The summed E-state index contributed by atoms with van der Waals surface area (Å²) < 4.78 is 18.3. The zero-order valence-corrected chi connectivity index (χ0v) is 16.5. The number of carbonyl (C=O) groups is 2. The van der Waals surface area contributed by atoms with E-state index in [2.05, 4.69) is 5.32 Å².